The Morgan fingerprint density at radius 2 is 1.96 bits per heavy atom. The fraction of sp³-hybridized carbons (Fsp3) is 0.474. The molecule has 7 nitrogen and oxygen atoms in total. The molecule has 2 heterocycles. The third kappa shape index (κ3) is 4.47. The standard InChI is InChI=1S/C19H23N3O4/c1-2-25-19(24)15-10-12-22(13-11-15)17(23)9-8-16-20-18(21-26-16)14-6-4-3-5-7-14/h3-7,15H,2,8-13H2,1H3. The van der Waals surface area contributed by atoms with Crippen LogP contribution in [0.1, 0.15) is 32.1 Å². The van der Waals surface area contributed by atoms with Crippen LogP contribution in [-0.4, -0.2) is 46.6 Å². The monoisotopic (exact) mass is 357 g/mol. The highest BCUT2D eigenvalue weighted by Crippen LogP contribution is 2.20. The van der Waals surface area contributed by atoms with Crippen molar-refractivity contribution in [2.45, 2.75) is 32.6 Å². The molecular formula is C19H23N3O4. The number of amides is 1. The van der Waals surface area contributed by atoms with E-state index >= 15 is 0 Å². The Hall–Kier alpha value is -2.70. The summed E-state index contributed by atoms with van der Waals surface area (Å²) in [5.41, 5.74) is 0.884. The number of hydrogen-bond donors (Lipinski definition) is 0. The lowest BCUT2D eigenvalue weighted by Gasteiger charge is -2.30. The van der Waals surface area contributed by atoms with Gasteiger partial charge in [0.2, 0.25) is 17.6 Å². The number of aromatic nitrogens is 2. The van der Waals surface area contributed by atoms with Crippen LogP contribution in [0.15, 0.2) is 34.9 Å². The van der Waals surface area contributed by atoms with E-state index in [0.29, 0.717) is 57.1 Å². The zero-order valence-corrected chi connectivity index (χ0v) is 14.9. The molecule has 1 aliphatic heterocycles. The van der Waals surface area contributed by atoms with Gasteiger partial charge in [-0.05, 0) is 19.8 Å². The summed E-state index contributed by atoms with van der Waals surface area (Å²) in [7, 11) is 0. The number of likely N-dealkylation sites (tertiary alicyclic amines) is 1. The predicted octanol–water partition coefficient (Wildman–Crippen LogP) is 2.47. The minimum absolute atomic E-state index is 0.0479. The summed E-state index contributed by atoms with van der Waals surface area (Å²) in [4.78, 5) is 30.3. The number of carbonyl (C=O) groups is 2. The average molecular weight is 357 g/mol. The summed E-state index contributed by atoms with van der Waals surface area (Å²) in [6, 6.07) is 9.57. The normalized spacial score (nSPS) is 15.0. The first kappa shape index (κ1) is 18.1. The second kappa shape index (κ2) is 8.60. The average Bonchev–Trinajstić information content (AvgIpc) is 3.16. The minimum Gasteiger partial charge on any atom is -0.466 e. The molecule has 0 atom stereocenters. The molecule has 0 unspecified atom stereocenters. The molecule has 0 spiro atoms. The van der Waals surface area contributed by atoms with Crippen molar-refractivity contribution < 1.29 is 18.8 Å². The lowest BCUT2D eigenvalue weighted by Crippen LogP contribution is -2.40. The quantitative estimate of drug-likeness (QED) is 0.738. The topological polar surface area (TPSA) is 85.5 Å². The lowest BCUT2D eigenvalue weighted by molar-refractivity contribution is -0.151. The summed E-state index contributed by atoms with van der Waals surface area (Å²) in [6.07, 6.45) is 2.05. The van der Waals surface area contributed by atoms with Crippen molar-refractivity contribution in [3.8, 4) is 11.4 Å². The van der Waals surface area contributed by atoms with Gasteiger partial charge >= 0.3 is 5.97 Å². The number of benzene rings is 1. The maximum absolute atomic E-state index is 12.4. The molecule has 2 aromatic rings. The van der Waals surface area contributed by atoms with Gasteiger partial charge in [-0.15, -0.1) is 0 Å². The number of nitrogens with zero attached hydrogens (tertiary/aromatic N) is 3. The molecule has 3 rings (SSSR count). The van der Waals surface area contributed by atoms with Crippen LogP contribution in [0.2, 0.25) is 0 Å². The van der Waals surface area contributed by atoms with Crippen molar-refractivity contribution >= 4 is 11.9 Å². The van der Waals surface area contributed by atoms with Crippen LogP contribution in [-0.2, 0) is 20.7 Å². The molecule has 0 bridgehead atoms. The van der Waals surface area contributed by atoms with Gasteiger partial charge in [0.05, 0.1) is 12.5 Å². The van der Waals surface area contributed by atoms with Crippen LogP contribution in [0.5, 0.6) is 0 Å². The van der Waals surface area contributed by atoms with Crippen molar-refractivity contribution in [2.24, 2.45) is 5.92 Å². The number of piperidine rings is 1. The van der Waals surface area contributed by atoms with Crippen molar-refractivity contribution in [1.82, 2.24) is 15.0 Å². The van der Waals surface area contributed by atoms with E-state index in [-0.39, 0.29) is 17.8 Å². The van der Waals surface area contributed by atoms with Crippen LogP contribution < -0.4 is 0 Å². The number of esters is 1. The fourth-order valence-corrected chi connectivity index (χ4v) is 3.06. The summed E-state index contributed by atoms with van der Waals surface area (Å²) in [5, 5.41) is 3.96. The SMILES string of the molecule is CCOC(=O)C1CCN(C(=O)CCc2nc(-c3ccccc3)no2)CC1. The zero-order valence-electron chi connectivity index (χ0n) is 14.9. The molecule has 1 aliphatic rings. The molecule has 0 saturated carbocycles. The Bertz CT molecular complexity index is 736. The van der Waals surface area contributed by atoms with Crippen LogP contribution in [0.3, 0.4) is 0 Å². The van der Waals surface area contributed by atoms with E-state index in [9.17, 15) is 9.59 Å². The Morgan fingerprint density at radius 3 is 2.65 bits per heavy atom. The molecule has 7 heteroatoms. The van der Waals surface area contributed by atoms with Gasteiger partial charge in [-0.2, -0.15) is 4.98 Å². The minimum atomic E-state index is -0.154. The van der Waals surface area contributed by atoms with Crippen molar-refractivity contribution in [1.29, 1.82) is 0 Å². The van der Waals surface area contributed by atoms with Crippen LogP contribution >= 0.6 is 0 Å². The first-order valence-electron chi connectivity index (χ1n) is 8.99. The van der Waals surface area contributed by atoms with Crippen molar-refractivity contribution in [3.05, 3.63) is 36.2 Å². The maximum Gasteiger partial charge on any atom is 0.309 e. The predicted molar refractivity (Wildman–Crippen MR) is 94.0 cm³/mol. The van der Waals surface area contributed by atoms with E-state index in [1.165, 1.54) is 0 Å². The summed E-state index contributed by atoms with van der Waals surface area (Å²) >= 11 is 0. The molecule has 0 aliphatic carbocycles. The van der Waals surface area contributed by atoms with Crippen molar-refractivity contribution in [2.75, 3.05) is 19.7 Å². The van der Waals surface area contributed by atoms with E-state index in [0.717, 1.165) is 5.56 Å². The molecule has 1 aromatic carbocycles. The third-order valence-corrected chi connectivity index (χ3v) is 4.52. The highest BCUT2D eigenvalue weighted by atomic mass is 16.5. The van der Waals surface area contributed by atoms with Gasteiger partial charge in [0.15, 0.2) is 0 Å². The Balaban J connectivity index is 1.46. The molecule has 1 fully saturated rings. The number of rotatable bonds is 6. The van der Waals surface area contributed by atoms with Gasteiger partial charge in [0, 0.05) is 31.5 Å². The molecule has 0 N–H and O–H groups in total. The number of hydrogen-bond acceptors (Lipinski definition) is 6. The first-order chi connectivity index (χ1) is 12.7. The van der Waals surface area contributed by atoms with Gasteiger partial charge in [0.1, 0.15) is 0 Å². The smallest absolute Gasteiger partial charge is 0.309 e. The third-order valence-electron chi connectivity index (χ3n) is 4.52. The number of carbonyl (C=O) groups excluding carboxylic acids is 2. The highest BCUT2D eigenvalue weighted by molar-refractivity contribution is 5.77. The number of aryl methyl sites for hydroxylation is 1. The van der Waals surface area contributed by atoms with E-state index in [1.54, 1.807) is 11.8 Å². The summed E-state index contributed by atoms with van der Waals surface area (Å²) in [6.45, 7) is 3.37. The van der Waals surface area contributed by atoms with Gasteiger partial charge < -0.3 is 14.2 Å². The largest absolute Gasteiger partial charge is 0.466 e. The van der Waals surface area contributed by atoms with Crippen LogP contribution in [0.4, 0.5) is 0 Å². The van der Waals surface area contributed by atoms with Crippen LogP contribution in [0, 0.1) is 5.92 Å². The summed E-state index contributed by atoms with van der Waals surface area (Å²) in [5.74, 6) is 0.788. The zero-order chi connectivity index (χ0) is 18.4. The first-order valence-corrected chi connectivity index (χ1v) is 8.99. The fourth-order valence-electron chi connectivity index (χ4n) is 3.06. The summed E-state index contributed by atoms with van der Waals surface area (Å²) < 4.78 is 10.3. The van der Waals surface area contributed by atoms with Crippen LogP contribution in [0.25, 0.3) is 11.4 Å². The molecule has 0 radical (unpaired) electrons. The van der Waals surface area contributed by atoms with Gasteiger partial charge in [-0.3, -0.25) is 9.59 Å². The van der Waals surface area contributed by atoms with E-state index in [2.05, 4.69) is 10.1 Å². The van der Waals surface area contributed by atoms with Gasteiger partial charge in [-0.1, -0.05) is 35.5 Å². The van der Waals surface area contributed by atoms with E-state index in [4.69, 9.17) is 9.26 Å². The molecular weight excluding hydrogens is 334 g/mol. The Morgan fingerprint density at radius 1 is 1.23 bits per heavy atom. The molecule has 26 heavy (non-hydrogen) atoms. The van der Waals surface area contributed by atoms with Crippen molar-refractivity contribution in [3.63, 3.8) is 0 Å². The molecule has 1 amide bonds. The second-order valence-electron chi connectivity index (χ2n) is 6.28. The highest BCUT2D eigenvalue weighted by Gasteiger charge is 2.28. The molecule has 1 saturated heterocycles. The Kier molecular flexibility index (Phi) is 5.99. The molecule has 1 aromatic heterocycles. The van der Waals surface area contributed by atoms with Gasteiger partial charge in [0.25, 0.3) is 0 Å². The van der Waals surface area contributed by atoms with Gasteiger partial charge in [-0.25, -0.2) is 0 Å². The maximum atomic E-state index is 12.4. The lowest BCUT2D eigenvalue weighted by atomic mass is 9.97. The number of ether oxygens (including phenoxy) is 1. The molecule has 138 valence electrons. The second-order valence-corrected chi connectivity index (χ2v) is 6.28. The van der Waals surface area contributed by atoms with E-state index in [1.807, 2.05) is 30.3 Å². The Labute approximate surface area is 152 Å². The van der Waals surface area contributed by atoms with E-state index < -0.39 is 0 Å².